The van der Waals surface area contributed by atoms with E-state index in [1.807, 2.05) is 0 Å². The maximum atomic E-state index is 10.4. The first-order chi connectivity index (χ1) is 7.37. The van der Waals surface area contributed by atoms with E-state index in [0.29, 0.717) is 5.41 Å². The van der Waals surface area contributed by atoms with Gasteiger partial charge in [-0.1, -0.05) is 20.8 Å². The van der Waals surface area contributed by atoms with Gasteiger partial charge in [0.25, 0.3) is 0 Å². The molecule has 0 aromatic rings. The Morgan fingerprint density at radius 2 is 1.81 bits per heavy atom. The Bertz CT molecular complexity index is 197. The zero-order valence-electron chi connectivity index (χ0n) is 11.4. The van der Waals surface area contributed by atoms with Crippen LogP contribution in [0.4, 0.5) is 0 Å². The van der Waals surface area contributed by atoms with Crippen molar-refractivity contribution < 1.29 is 9.84 Å². The van der Waals surface area contributed by atoms with Crippen molar-refractivity contribution in [1.82, 2.24) is 0 Å². The maximum Gasteiger partial charge on any atom is 0.0648 e. The lowest BCUT2D eigenvalue weighted by Gasteiger charge is -2.41. The highest BCUT2D eigenvalue weighted by Crippen LogP contribution is 2.42. The minimum atomic E-state index is -0.402. The number of hydrogen-bond donors (Lipinski definition) is 1. The van der Waals surface area contributed by atoms with Crippen LogP contribution in [0.5, 0.6) is 0 Å². The van der Waals surface area contributed by atoms with Gasteiger partial charge in [0, 0.05) is 13.7 Å². The van der Waals surface area contributed by atoms with Crippen molar-refractivity contribution in [2.75, 3.05) is 13.7 Å². The molecule has 0 bridgehead atoms. The SMILES string of the molecule is COCCCC1(O)CCC(C(C)(C)C)CC1. The fourth-order valence-electron chi connectivity index (χ4n) is 2.82. The highest BCUT2D eigenvalue weighted by Gasteiger charge is 2.36. The first kappa shape index (κ1) is 14.0. The van der Waals surface area contributed by atoms with E-state index in [-0.39, 0.29) is 0 Å². The molecule has 0 spiro atoms. The molecule has 1 N–H and O–H groups in total. The van der Waals surface area contributed by atoms with E-state index >= 15 is 0 Å². The second-order valence-corrected chi connectivity index (χ2v) is 6.46. The molecule has 0 radical (unpaired) electrons. The van der Waals surface area contributed by atoms with E-state index in [2.05, 4.69) is 20.8 Å². The summed E-state index contributed by atoms with van der Waals surface area (Å²) in [5.74, 6) is 0.773. The molecule has 0 amide bonds. The summed E-state index contributed by atoms with van der Waals surface area (Å²) in [5.41, 5.74) is -0.00581. The van der Waals surface area contributed by atoms with Crippen LogP contribution < -0.4 is 0 Å². The number of methoxy groups -OCH3 is 1. The van der Waals surface area contributed by atoms with Gasteiger partial charge in [0.05, 0.1) is 5.60 Å². The Morgan fingerprint density at radius 1 is 1.25 bits per heavy atom. The fraction of sp³-hybridized carbons (Fsp3) is 1.00. The maximum absolute atomic E-state index is 10.4. The Labute approximate surface area is 100 Å². The van der Waals surface area contributed by atoms with Gasteiger partial charge in [-0.05, 0) is 49.9 Å². The first-order valence-corrected chi connectivity index (χ1v) is 6.59. The molecular weight excluding hydrogens is 200 g/mol. The molecule has 1 rings (SSSR count). The normalized spacial score (nSPS) is 31.7. The summed E-state index contributed by atoms with van der Waals surface area (Å²) in [6.07, 6.45) is 6.17. The molecule has 1 saturated carbocycles. The van der Waals surface area contributed by atoms with Gasteiger partial charge < -0.3 is 9.84 Å². The Morgan fingerprint density at radius 3 is 2.25 bits per heavy atom. The molecule has 1 aliphatic carbocycles. The molecular formula is C14H28O2. The topological polar surface area (TPSA) is 29.5 Å². The third-order valence-corrected chi connectivity index (χ3v) is 4.13. The van der Waals surface area contributed by atoms with Crippen molar-refractivity contribution in [3.8, 4) is 0 Å². The summed E-state index contributed by atoms with van der Waals surface area (Å²) in [4.78, 5) is 0. The highest BCUT2D eigenvalue weighted by atomic mass is 16.5. The molecule has 16 heavy (non-hydrogen) atoms. The third-order valence-electron chi connectivity index (χ3n) is 4.13. The average Bonchev–Trinajstić information content (AvgIpc) is 2.17. The van der Waals surface area contributed by atoms with Crippen LogP contribution in [-0.4, -0.2) is 24.4 Å². The predicted molar refractivity (Wildman–Crippen MR) is 67.5 cm³/mol. The summed E-state index contributed by atoms with van der Waals surface area (Å²) < 4.78 is 5.04. The van der Waals surface area contributed by atoms with E-state index in [1.54, 1.807) is 7.11 Å². The predicted octanol–water partition coefficient (Wildman–Crippen LogP) is 3.38. The van der Waals surface area contributed by atoms with E-state index in [0.717, 1.165) is 38.2 Å². The summed E-state index contributed by atoms with van der Waals surface area (Å²) >= 11 is 0. The van der Waals surface area contributed by atoms with Gasteiger partial charge in [0.1, 0.15) is 0 Å². The van der Waals surface area contributed by atoms with Gasteiger partial charge in [0.15, 0.2) is 0 Å². The van der Waals surface area contributed by atoms with E-state index in [1.165, 1.54) is 12.8 Å². The van der Waals surface area contributed by atoms with Crippen molar-refractivity contribution >= 4 is 0 Å². The van der Waals surface area contributed by atoms with Crippen LogP contribution >= 0.6 is 0 Å². The van der Waals surface area contributed by atoms with E-state index in [4.69, 9.17) is 4.74 Å². The fourth-order valence-corrected chi connectivity index (χ4v) is 2.82. The molecule has 1 fully saturated rings. The van der Waals surface area contributed by atoms with E-state index < -0.39 is 5.60 Å². The third kappa shape index (κ3) is 4.06. The highest BCUT2D eigenvalue weighted by molar-refractivity contribution is 4.88. The van der Waals surface area contributed by atoms with Crippen molar-refractivity contribution in [3.63, 3.8) is 0 Å². The van der Waals surface area contributed by atoms with Crippen molar-refractivity contribution in [3.05, 3.63) is 0 Å². The van der Waals surface area contributed by atoms with Crippen LogP contribution in [0.25, 0.3) is 0 Å². The van der Waals surface area contributed by atoms with Gasteiger partial charge >= 0.3 is 0 Å². The van der Waals surface area contributed by atoms with E-state index in [9.17, 15) is 5.11 Å². The Balaban J connectivity index is 2.35. The zero-order chi connectivity index (χ0) is 12.2. The second kappa shape index (κ2) is 5.50. The van der Waals surface area contributed by atoms with Crippen molar-refractivity contribution in [1.29, 1.82) is 0 Å². The lowest BCUT2D eigenvalue weighted by molar-refractivity contribution is -0.0359. The van der Waals surface area contributed by atoms with Crippen molar-refractivity contribution in [2.24, 2.45) is 11.3 Å². The molecule has 1 aliphatic rings. The number of ether oxygens (including phenoxy) is 1. The molecule has 2 nitrogen and oxygen atoms in total. The molecule has 0 aromatic heterocycles. The van der Waals surface area contributed by atoms with Gasteiger partial charge in [-0.25, -0.2) is 0 Å². The lowest BCUT2D eigenvalue weighted by Crippen LogP contribution is -2.37. The van der Waals surface area contributed by atoms with Crippen LogP contribution in [0.2, 0.25) is 0 Å². The second-order valence-electron chi connectivity index (χ2n) is 6.46. The van der Waals surface area contributed by atoms with Crippen LogP contribution in [0.15, 0.2) is 0 Å². The van der Waals surface area contributed by atoms with Crippen LogP contribution in [0.1, 0.15) is 59.3 Å². The quantitative estimate of drug-likeness (QED) is 0.747. The summed E-state index contributed by atoms with van der Waals surface area (Å²) in [6, 6.07) is 0. The first-order valence-electron chi connectivity index (χ1n) is 6.59. The van der Waals surface area contributed by atoms with Crippen molar-refractivity contribution in [2.45, 2.75) is 64.9 Å². The molecule has 0 saturated heterocycles. The zero-order valence-corrected chi connectivity index (χ0v) is 11.4. The minimum absolute atomic E-state index is 0.397. The summed E-state index contributed by atoms with van der Waals surface area (Å²) in [5, 5.41) is 10.4. The largest absolute Gasteiger partial charge is 0.390 e. The molecule has 0 aliphatic heterocycles. The standard InChI is InChI=1S/C14H28O2/c1-13(2,3)12-6-9-14(15,10-7-12)8-5-11-16-4/h12,15H,5-11H2,1-4H3. The smallest absolute Gasteiger partial charge is 0.0648 e. The van der Waals surface area contributed by atoms with Crippen LogP contribution in [0.3, 0.4) is 0 Å². The molecule has 0 atom stereocenters. The molecule has 0 unspecified atom stereocenters. The number of hydrogen-bond acceptors (Lipinski definition) is 2. The average molecular weight is 228 g/mol. The van der Waals surface area contributed by atoms with Gasteiger partial charge in [-0.2, -0.15) is 0 Å². The minimum Gasteiger partial charge on any atom is -0.390 e. The van der Waals surface area contributed by atoms with Crippen LogP contribution in [-0.2, 0) is 4.74 Å². The van der Waals surface area contributed by atoms with Gasteiger partial charge in [-0.15, -0.1) is 0 Å². The Hall–Kier alpha value is -0.0800. The van der Waals surface area contributed by atoms with Crippen LogP contribution in [0, 0.1) is 11.3 Å². The summed E-state index contributed by atoms with van der Waals surface area (Å²) in [7, 11) is 1.72. The molecule has 2 heteroatoms. The Kier molecular flexibility index (Phi) is 4.81. The molecule has 96 valence electrons. The van der Waals surface area contributed by atoms with Gasteiger partial charge in [0.2, 0.25) is 0 Å². The van der Waals surface area contributed by atoms with Gasteiger partial charge in [-0.3, -0.25) is 0 Å². The molecule has 0 heterocycles. The summed E-state index contributed by atoms with van der Waals surface area (Å²) in [6.45, 7) is 7.71. The number of rotatable bonds is 4. The monoisotopic (exact) mass is 228 g/mol. The molecule has 0 aromatic carbocycles. The number of aliphatic hydroxyl groups is 1. The lowest BCUT2D eigenvalue weighted by atomic mass is 9.67.